The van der Waals surface area contributed by atoms with Gasteiger partial charge in [-0.2, -0.15) is 0 Å². The molecule has 0 saturated carbocycles. The Labute approximate surface area is 119 Å². The summed E-state index contributed by atoms with van der Waals surface area (Å²) in [4.78, 5) is 4.03. The molecule has 1 heterocycles. The minimum Gasteiger partial charge on any atom is -0.497 e. The first kappa shape index (κ1) is 14.3. The first-order valence-corrected chi connectivity index (χ1v) is 6.59. The molecule has 1 aromatic carbocycles. The van der Waals surface area contributed by atoms with Gasteiger partial charge in [0.15, 0.2) is 0 Å². The number of nitrogens with zero attached hydrogens (tertiary/aromatic N) is 1. The SMILES string of the molecule is COc1ccc(OC)c(CN[C@@H](C)c2ccncc2)c1. The zero-order valence-electron chi connectivity index (χ0n) is 12.1. The molecule has 0 radical (unpaired) electrons. The minimum absolute atomic E-state index is 0.244. The van der Waals surface area contributed by atoms with E-state index in [9.17, 15) is 0 Å². The highest BCUT2D eigenvalue weighted by Crippen LogP contribution is 2.24. The van der Waals surface area contributed by atoms with Gasteiger partial charge >= 0.3 is 0 Å². The largest absolute Gasteiger partial charge is 0.497 e. The lowest BCUT2D eigenvalue weighted by atomic mass is 10.1. The molecule has 20 heavy (non-hydrogen) atoms. The second-order valence-electron chi connectivity index (χ2n) is 4.56. The Morgan fingerprint density at radius 3 is 2.50 bits per heavy atom. The second-order valence-corrected chi connectivity index (χ2v) is 4.56. The summed E-state index contributed by atoms with van der Waals surface area (Å²) in [5, 5.41) is 3.48. The Hall–Kier alpha value is -2.07. The van der Waals surface area contributed by atoms with Crippen molar-refractivity contribution in [3.05, 3.63) is 53.9 Å². The van der Waals surface area contributed by atoms with E-state index in [-0.39, 0.29) is 6.04 Å². The van der Waals surface area contributed by atoms with Gasteiger partial charge in [-0.1, -0.05) is 0 Å². The lowest BCUT2D eigenvalue weighted by Gasteiger charge is -2.16. The Morgan fingerprint density at radius 2 is 1.85 bits per heavy atom. The molecule has 1 atom stereocenters. The van der Waals surface area contributed by atoms with Crippen LogP contribution in [0.25, 0.3) is 0 Å². The number of nitrogens with one attached hydrogen (secondary N) is 1. The molecule has 0 unspecified atom stereocenters. The minimum atomic E-state index is 0.244. The highest BCUT2D eigenvalue weighted by atomic mass is 16.5. The third kappa shape index (κ3) is 3.48. The van der Waals surface area contributed by atoms with Crippen LogP contribution < -0.4 is 14.8 Å². The lowest BCUT2D eigenvalue weighted by molar-refractivity contribution is 0.395. The first-order chi connectivity index (χ1) is 9.74. The summed E-state index contributed by atoms with van der Waals surface area (Å²) in [6.45, 7) is 2.84. The maximum absolute atomic E-state index is 5.38. The van der Waals surface area contributed by atoms with Crippen LogP contribution in [0.1, 0.15) is 24.1 Å². The summed E-state index contributed by atoms with van der Waals surface area (Å²) in [6, 6.07) is 10.1. The lowest BCUT2D eigenvalue weighted by Crippen LogP contribution is -2.18. The van der Waals surface area contributed by atoms with Crippen molar-refractivity contribution >= 4 is 0 Å². The molecule has 1 aromatic heterocycles. The molecule has 4 nitrogen and oxygen atoms in total. The van der Waals surface area contributed by atoms with Crippen molar-refractivity contribution in [3.8, 4) is 11.5 Å². The Balaban J connectivity index is 2.06. The fourth-order valence-electron chi connectivity index (χ4n) is 2.05. The molecular formula is C16H20N2O2. The average molecular weight is 272 g/mol. The van der Waals surface area contributed by atoms with Crippen molar-refractivity contribution in [2.24, 2.45) is 0 Å². The Morgan fingerprint density at radius 1 is 1.10 bits per heavy atom. The molecule has 0 saturated heterocycles. The molecule has 106 valence electrons. The third-order valence-corrected chi connectivity index (χ3v) is 3.29. The van der Waals surface area contributed by atoms with Crippen molar-refractivity contribution in [1.82, 2.24) is 10.3 Å². The van der Waals surface area contributed by atoms with Gasteiger partial charge in [0.05, 0.1) is 14.2 Å². The summed E-state index contributed by atoms with van der Waals surface area (Å²) in [6.07, 6.45) is 3.61. The van der Waals surface area contributed by atoms with E-state index in [4.69, 9.17) is 9.47 Å². The normalized spacial score (nSPS) is 11.9. The van der Waals surface area contributed by atoms with Crippen molar-refractivity contribution < 1.29 is 9.47 Å². The molecule has 0 aliphatic carbocycles. The predicted molar refractivity (Wildman–Crippen MR) is 79.0 cm³/mol. The molecule has 0 bridgehead atoms. The van der Waals surface area contributed by atoms with E-state index in [0.717, 1.165) is 17.1 Å². The van der Waals surface area contributed by atoms with E-state index in [1.807, 2.05) is 30.3 Å². The van der Waals surface area contributed by atoms with Crippen LogP contribution in [0.3, 0.4) is 0 Å². The topological polar surface area (TPSA) is 43.4 Å². The molecule has 2 rings (SSSR count). The predicted octanol–water partition coefficient (Wildman–Crippen LogP) is 2.95. The fraction of sp³-hybridized carbons (Fsp3) is 0.312. The van der Waals surface area contributed by atoms with Crippen LogP contribution >= 0.6 is 0 Å². The van der Waals surface area contributed by atoms with Gasteiger partial charge < -0.3 is 14.8 Å². The third-order valence-electron chi connectivity index (χ3n) is 3.29. The van der Waals surface area contributed by atoms with Gasteiger partial charge in [0.1, 0.15) is 11.5 Å². The fourth-order valence-corrected chi connectivity index (χ4v) is 2.05. The monoisotopic (exact) mass is 272 g/mol. The quantitative estimate of drug-likeness (QED) is 0.878. The molecular weight excluding hydrogens is 252 g/mol. The van der Waals surface area contributed by atoms with Crippen molar-refractivity contribution in [3.63, 3.8) is 0 Å². The Bertz CT molecular complexity index is 543. The first-order valence-electron chi connectivity index (χ1n) is 6.59. The van der Waals surface area contributed by atoms with E-state index in [2.05, 4.69) is 17.2 Å². The molecule has 1 N–H and O–H groups in total. The summed E-state index contributed by atoms with van der Waals surface area (Å²) in [5.41, 5.74) is 2.29. The molecule has 0 aliphatic heterocycles. The van der Waals surface area contributed by atoms with Gasteiger partial charge in [-0.25, -0.2) is 0 Å². The van der Waals surface area contributed by atoms with Crippen LogP contribution in [0.5, 0.6) is 11.5 Å². The molecule has 0 amide bonds. The average Bonchev–Trinajstić information content (AvgIpc) is 2.53. The highest BCUT2D eigenvalue weighted by Gasteiger charge is 2.08. The summed E-state index contributed by atoms with van der Waals surface area (Å²) in [7, 11) is 3.34. The second kappa shape index (κ2) is 6.91. The molecule has 2 aromatic rings. The van der Waals surface area contributed by atoms with Crippen LogP contribution in [0.2, 0.25) is 0 Å². The number of hydrogen-bond acceptors (Lipinski definition) is 4. The van der Waals surface area contributed by atoms with Crippen LogP contribution in [-0.4, -0.2) is 19.2 Å². The molecule has 0 fully saturated rings. The van der Waals surface area contributed by atoms with E-state index >= 15 is 0 Å². The Kier molecular flexibility index (Phi) is 4.96. The van der Waals surface area contributed by atoms with E-state index in [0.29, 0.717) is 6.54 Å². The zero-order valence-corrected chi connectivity index (χ0v) is 12.1. The number of methoxy groups -OCH3 is 2. The maximum atomic E-state index is 5.38. The number of pyridine rings is 1. The van der Waals surface area contributed by atoms with Crippen LogP contribution in [-0.2, 0) is 6.54 Å². The molecule has 0 spiro atoms. The van der Waals surface area contributed by atoms with Crippen LogP contribution in [0.15, 0.2) is 42.7 Å². The van der Waals surface area contributed by atoms with E-state index in [1.165, 1.54) is 5.56 Å². The van der Waals surface area contributed by atoms with Gasteiger partial charge in [0.2, 0.25) is 0 Å². The molecule has 0 aliphatic rings. The summed E-state index contributed by atoms with van der Waals surface area (Å²) in [5.74, 6) is 1.69. The van der Waals surface area contributed by atoms with E-state index < -0.39 is 0 Å². The maximum Gasteiger partial charge on any atom is 0.123 e. The van der Waals surface area contributed by atoms with Gasteiger partial charge in [-0.3, -0.25) is 4.98 Å². The number of rotatable bonds is 6. The summed E-state index contributed by atoms with van der Waals surface area (Å²) >= 11 is 0. The summed E-state index contributed by atoms with van der Waals surface area (Å²) < 4.78 is 10.6. The van der Waals surface area contributed by atoms with Gasteiger partial charge in [-0.05, 0) is 42.8 Å². The highest BCUT2D eigenvalue weighted by molar-refractivity contribution is 5.40. The van der Waals surface area contributed by atoms with E-state index in [1.54, 1.807) is 26.6 Å². The number of aromatic nitrogens is 1. The number of benzene rings is 1. The van der Waals surface area contributed by atoms with Gasteiger partial charge in [-0.15, -0.1) is 0 Å². The zero-order chi connectivity index (χ0) is 14.4. The van der Waals surface area contributed by atoms with Crippen molar-refractivity contribution in [1.29, 1.82) is 0 Å². The smallest absolute Gasteiger partial charge is 0.123 e. The van der Waals surface area contributed by atoms with Gasteiger partial charge in [0.25, 0.3) is 0 Å². The van der Waals surface area contributed by atoms with Gasteiger partial charge in [0, 0.05) is 30.5 Å². The van der Waals surface area contributed by atoms with Crippen LogP contribution in [0.4, 0.5) is 0 Å². The van der Waals surface area contributed by atoms with Crippen LogP contribution in [0, 0.1) is 0 Å². The number of ether oxygens (including phenoxy) is 2. The standard InChI is InChI=1S/C16H20N2O2/c1-12(13-6-8-17-9-7-13)18-11-14-10-15(19-2)4-5-16(14)20-3/h4-10,12,18H,11H2,1-3H3/t12-/m0/s1. The number of hydrogen-bond donors (Lipinski definition) is 1. The van der Waals surface area contributed by atoms with Crippen molar-refractivity contribution in [2.45, 2.75) is 19.5 Å². The molecule has 4 heteroatoms. The van der Waals surface area contributed by atoms with Crippen molar-refractivity contribution in [2.75, 3.05) is 14.2 Å².